The fourth-order valence-electron chi connectivity index (χ4n) is 1.96. The van der Waals surface area contributed by atoms with E-state index in [2.05, 4.69) is 20.9 Å². The Bertz CT molecular complexity index is 823. The van der Waals surface area contributed by atoms with Crippen molar-refractivity contribution in [3.8, 4) is 11.5 Å². The molecular formula is C15H10BrNO3. The van der Waals surface area contributed by atoms with E-state index in [-0.39, 0.29) is 5.56 Å². The van der Waals surface area contributed by atoms with Gasteiger partial charge in [-0.25, -0.2) is 9.78 Å². The van der Waals surface area contributed by atoms with Crippen molar-refractivity contribution in [3.63, 3.8) is 0 Å². The van der Waals surface area contributed by atoms with Crippen LogP contribution in [0.4, 0.5) is 0 Å². The van der Waals surface area contributed by atoms with Gasteiger partial charge in [0.2, 0.25) is 5.89 Å². The van der Waals surface area contributed by atoms with Gasteiger partial charge in [0.15, 0.2) is 5.58 Å². The van der Waals surface area contributed by atoms with Crippen LogP contribution in [0.15, 0.2) is 45.3 Å². The summed E-state index contributed by atoms with van der Waals surface area (Å²) in [5, 5.41) is 8.97. The molecule has 0 atom stereocenters. The molecule has 100 valence electrons. The molecule has 0 aliphatic carbocycles. The molecule has 1 N–H and O–H groups in total. The van der Waals surface area contributed by atoms with Crippen LogP contribution < -0.4 is 0 Å². The number of oxazole rings is 1. The molecule has 20 heavy (non-hydrogen) atoms. The number of carbonyl (C=O) groups is 1. The third-order valence-corrected chi connectivity index (χ3v) is 3.93. The van der Waals surface area contributed by atoms with Crippen LogP contribution >= 0.6 is 15.9 Å². The highest BCUT2D eigenvalue weighted by Gasteiger charge is 2.11. The van der Waals surface area contributed by atoms with E-state index in [4.69, 9.17) is 9.52 Å². The van der Waals surface area contributed by atoms with Crippen LogP contribution in [0, 0.1) is 6.92 Å². The predicted molar refractivity (Wildman–Crippen MR) is 78.8 cm³/mol. The number of carboxylic acids is 1. The molecule has 4 nitrogen and oxygen atoms in total. The second-order valence-electron chi connectivity index (χ2n) is 4.47. The van der Waals surface area contributed by atoms with Crippen LogP contribution in [0.3, 0.4) is 0 Å². The van der Waals surface area contributed by atoms with E-state index in [0.717, 1.165) is 15.6 Å². The zero-order valence-corrected chi connectivity index (χ0v) is 12.1. The Kier molecular flexibility index (Phi) is 3.06. The lowest BCUT2D eigenvalue weighted by Crippen LogP contribution is -1.94. The van der Waals surface area contributed by atoms with Gasteiger partial charge in [0.25, 0.3) is 0 Å². The Morgan fingerprint density at radius 3 is 2.75 bits per heavy atom. The molecular weight excluding hydrogens is 322 g/mol. The van der Waals surface area contributed by atoms with Crippen molar-refractivity contribution < 1.29 is 14.3 Å². The van der Waals surface area contributed by atoms with Gasteiger partial charge in [-0.2, -0.15) is 0 Å². The largest absolute Gasteiger partial charge is 0.478 e. The predicted octanol–water partition coefficient (Wildman–Crippen LogP) is 4.26. The van der Waals surface area contributed by atoms with E-state index >= 15 is 0 Å². The van der Waals surface area contributed by atoms with Crippen LogP contribution in [0.5, 0.6) is 0 Å². The van der Waals surface area contributed by atoms with Gasteiger partial charge in [-0.15, -0.1) is 0 Å². The average molecular weight is 332 g/mol. The van der Waals surface area contributed by atoms with E-state index in [1.165, 1.54) is 12.1 Å². The first kappa shape index (κ1) is 12.9. The Morgan fingerprint density at radius 2 is 2.05 bits per heavy atom. The quantitative estimate of drug-likeness (QED) is 0.761. The SMILES string of the molecule is Cc1cc(-c2nc3ccc(C(=O)O)cc3o2)ccc1Br. The van der Waals surface area contributed by atoms with Crippen molar-refractivity contribution >= 4 is 33.0 Å². The highest BCUT2D eigenvalue weighted by atomic mass is 79.9. The van der Waals surface area contributed by atoms with E-state index in [9.17, 15) is 4.79 Å². The molecule has 2 aromatic carbocycles. The first-order chi connectivity index (χ1) is 9.54. The number of hydrogen-bond donors (Lipinski definition) is 1. The molecule has 0 saturated heterocycles. The minimum absolute atomic E-state index is 0.187. The Balaban J connectivity index is 2.12. The maximum absolute atomic E-state index is 10.9. The lowest BCUT2D eigenvalue weighted by molar-refractivity contribution is 0.0697. The molecule has 5 heteroatoms. The topological polar surface area (TPSA) is 63.3 Å². The highest BCUT2D eigenvalue weighted by molar-refractivity contribution is 9.10. The highest BCUT2D eigenvalue weighted by Crippen LogP contribution is 2.28. The van der Waals surface area contributed by atoms with Gasteiger partial charge >= 0.3 is 5.97 Å². The molecule has 0 radical (unpaired) electrons. The Labute approximate surface area is 123 Å². The number of halogens is 1. The summed E-state index contributed by atoms with van der Waals surface area (Å²) in [6, 6.07) is 10.5. The van der Waals surface area contributed by atoms with Gasteiger partial charge < -0.3 is 9.52 Å². The fraction of sp³-hybridized carbons (Fsp3) is 0.0667. The number of fused-ring (bicyclic) bond motifs is 1. The summed E-state index contributed by atoms with van der Waals surface area (Å²) in [6.45, 7) is 1.98. The summed E-state index contributed by atoms with van der Waals surface area (Å²) in [5.41, 5.74) is 3.24. The van der Waals surface area contributed by atoms with Gasteiger partial charge in [-0.1, -0.05) is 15.9 Å². The van der Waals surface area contributed by atoms with Crippen molar-refractivity contribution in [2.45, 2.75) is 6.92 Å². The molecule has 1 heterocycles. The number of aromatic carboxylic acids is 1. The molecule has 0 unspecified atom stereocenters. The van der Waals surface area contributed by atoms with Crippen molar-refractivity contribution in [2.24, 2.45) is 0 Å². The summed E-state index contributed by atoms with van der Waals surface area (Å²) in [4.78, 5) is 15.3. The third-order valence-electron chi connectivity index (χ3n) is 3.04. The lowest BCUT2D eigenvalue weighted by Gasteiger charge is -1.99. The molecule has 1 aromatic heterocycles. The van der Waals surface area contributed by atoms with Crippen molar-refractivity contribution in [1.29, 1.82) is 0 Å². The number of rotatable bonds is 2. The summed E-state index contributed by atoms with van der Waals surface area (Å²) < 4.78 is 6.67. The molecule has 0 fully saturated rings. The minimum atomic E-state index is -0.982. The zero-order chi connectivity index (χ0) is 14.3. The molecule has 0 spiro atoms. The van der Waals surface area contributed by atoms with E-state index < -0.39 is 5.97 Å². The molecule has 0 aliphatic heterocycles. The van der Waals surface area contributed by atoms with Gasteiger partial charge in [0.05, 0.1) is 5.56 Å². The molecule has 3 aromatic rings. The van der Waals surface area contributed by atoms with Crippen molar-refractivity contribution in [1.82, 2.24) is 4.98 Å². The second kappa shape index (κ2) is 4.76. The standard InChI is InChI=1S/C15H10BrNO3/c1-8-6-9(2-4-11(8)16)14-17-12-5-3-10(15(18)19)7-13(12)20-14/h2-7H,1H3,(H,18,19). The van der Waals surface area contributed by atoms with E-state index in [1.807, 2.05) is 25.1 Å². The van der Waals surface area contributed by atoms with Crippen molar-refractivity contribution in [3.05, 3.63) is 52.0 Å². The molecule has 0 amide bonds. The van der Waals surface area contributed by atoms with Crippen LogP contribution in [-0.2, 0) is 0 Å². The number of aryl methyl sites for hydroxylation is 1. The summed E-state index contributed by atoms with van der Waals surface area (Å²) in [5.74, 6) is -0.498. The molecule has 0 bridgehead atoms. The lowest BCUT2D eigenvalue weighted by atomic mass is 10.1. The molecule has 3 rings (SSSR count). The number of hydrogen-bond acceptors (Lipinski definition) is 3. The molecule has 0 saturated carbocycles. The monoisotopic (exact) mass is 331 g/mol. The van der Waals surface area contributed by atoms with Crippen LogP contribution in [0.25, 0.3) is 22.6 Å². The van der Waals surface area contributed by atoms with Crippen LogP contribution in [0.1, 0.15) is 15.9 Å². The maximum atomic E-state index is 10.9. The maximum Gasteiger partial charge on any atom is 0.335 e. The Morgan fingerprint density at radius 1 is 1.25 bits per heavy atom. The average Bonchev–Trinajstić information content (AvgIpc) is 2.84. The van der Waals surface area contributed by atoms with Gasteiger partial charge in [0, 0.05) is 10.0 Å². The van der Waals surface area contributed by atoms with Crippen molar-refractivity contribution in [2.75, 3.05) is 0 Å². The molecule has 0 aliphatic rings. The van der Waals surface area contributed by atoms with Gasteiger partial charge in [-0.3, -0.25) is 0 Å². The van der Waals surface area contributed by atoms with Gasteiger partial charge in [-0.05, 0) is 48.9 Å². The van der Waals surface area contributed by atoms with E-state index in [1.54, 1.807) is 6.07 Å². The summed E-state index contributed by atoms with van der Waals surface area (Å²) in [6.07, 6.45) is 0. The Hall–Kier alpha value is -2.14. The number of nitrogens with zero attached hydrogens (tertiary/aromatic N) is 1. The smallest absolute Gasteiger partial charge is 0.335 e. The number of aromatic nitrogens is 1. The fourth-order valence-corrected chi connectivity index (χ4v) is 2.21. The first-order valence-electron chi connectivity index (χ1n) is 5.95. The minimum Gasteiger partial charge on any atom is -0.478 e. The summed E-state index contributed by atoms with van der Waals surface area (Å²) >= 11 is 3.45. The van der Waals surface area contributed by atoms with E-state index in [0.29, 0.717) is 17.0 Å². The number of benzene rings is 2. The van der Waals surface area contributed by atoms with Crippen LogP contribution in [0.2, 0.25) is 0 Å². The summed E-state index contributed by atoms with van der Waals surface area (Å²) in [7, 11) is 0. The zero-order valence-electron chi connectivity index (χ0n) is 10.6. The normalized spacial score (nSPS) is 10.9. The third kappa shape index (κ3) is 2.20. The van der Waals surface area contributed by atoms with Gasteiger partial charge in [0.1, 0.15) is 5.52 Å². The first-order valence-corrected chi connectivity index (χ1v) is 6.74. The number of carboxylic acid groups (broad SMARTS) is 1. The van der Waals surface area contributed by atoms with Crippen LogP contribution in [-0.4, -0.2) is 16.1 Å². The second-order valence-corrected chi connectivity index (χ2v) is 5.32.